The lowest BCUT2D eigenvalue weighted by Gasteiger charge is -2.17. The van der Waals surface area contributed by atoms with E-state index in [-0.39, 0.29) is 29.8 Å². The number of carbonyl (C=O) groups excluding carboxylic acids is 1. The van der Waals surface area contributed by atoms with E-state index < -0.39 is 0 Å². The van der Waals surface area contributed by atoms with Gasteiger partial charge in [0.25, 0.3) is 11.8 Å². The molecule has 2 aromatic rings. The van der Waals surface area contributed by atoms with E-state index in [1.165, 1.54) is 0 Å². The lowest BCUT2D eigenvalue weighted by Crippen LogP contribution is -2.32. The number of rotatable bonds is 2. The van der Waals surface area contributed by atoms with E-state index in [9.17, 15) is 4.79 Å². The average molecular weight is 351 g/mol. The van der Waals surface area contributed by atoms with Crippen molar-refractivity contribution in [3.8, 4) is 11.5 Å². The second-order valence-corrected chi connectivity index (χ2v) is 7.02. The van der Waals surface area contributed by atoms with Crippen molar-refractivity contribution in [1.82, 2.24) is 15.0 Å². The van der Waals surface area contributed by atoms with Gasteiger partial charge in [-0.3, -0.25) is 4.79 Å². The number of amides is 1. The van der Waals surface area contributed by atoms with E-state index in [2.05, 4.69) is 10.1 Å². The minimum atomic E-state index is -0.206. The molecule has 130 valence electrons. The maximum absolute atomic E-state index is 12.8. The fraction of sp³-hybridized carbons (Fsp3) is 0.471. The first-order chi connectivity index (χ1) is 10.9. The Morgan fingerprint density at radius 3 is 2.62 bits per heavy atom. The van der Waals surface area contributed by atoms with E-state index in [4.69, 9.17) is 10.3 Å². The Kier molecular flexibility index (Phi) is 5.30. The van der Waals surface area contributed by atoms with Crippen molar-refractivity contribution in [1.29, 1.82) is 0 Å². The molecule has 1 aliphatic rings. The van der Waals surface area contributed by atoms with Gasteiger partial charge in [-0.15, -0.1) is 12.4 Å². The largest absolute Gasteiger partial charge is 0.337 e. The molecule has 1 aliphatic heterocycles. The van der Waals surface area contributed by atoms with E-state index in [1.54, 1.807) is 11.0 Å². The molecule has 0 spiro atoms. The van der Waals surface area contributed by atoms with Crippen molar-refractivity contribution in [3.63, 3.8) is 0 Å². The summed E-state index contributed by atoms with van der Waals surface area (Å²) in [5.74, 6) is 0.962. The first kappa shape index (κ1) is 18.4. The Morgan fingerprint density at radius 2 is 2.04 bits per heavy atom. The van der Waals surface area contributed by atoms with Gasteiger partial charge >= 0.3 is 0 Å². The molecule has 1 fully saturated rings. The predicted molar refractivity (Wildman–Crippen MR) is 94.2 cm³/mol. The van der Waals surface area contributed by atoms with Crippen molar-refractivity contribution >= 4 is 18.3 Å². The zero-order valence-electron chi connectivity index (χ0n) is 14.2. The van der Waals surface area contributed by atoms with Gasteiger partial charge in [0.15, 0.2) is 5.82 Å². The van der Waals surface area contributed by atoms with Crippen LogP contribution in [0.1, 0.15) is 43.4 Å². The second kappa shape index (κ2) is 6.91. The molecule has 24 heavy (non-hydrogen) atoms. The van der Waals surface area contributed by atoms with Crippen LogP contribution in [0.15, 0.2) is 28.8 Å². The highest BCUT2D eigenvalue weighted by Crippen LogP contribution is 2.27. The van der Waals surface area contributed by atoms with E-state index in [0.717, 1.165) is 6.42 Å². The smallest absolute Gasteiger partial charge is 0.258 e. The molecule has 2 N–H and O–H groups in total. The molecule has 0 bridgehead atoms. The van der Waals surface area contributed by atoms with Gasteiger partial charge in [-0.1, -0.05) is 38.1 Å². The Hall–Kier alpha value is -1.92. The number of nitrogens with two attached hydrogens (primary N) is 1. The van der Waals surface area contributed by atoms with Crippen LogP contribution >= 0.6 is 12.4 Å². The van der Waals surface area contributed by atoms with Crippen LogP contribution in [0, 0.1) is 0 Å². The van der Waals surface area contributed by atoms with Crippen LogP contribution < -0.4 is 5.73 Å². The van der Waals surface area contributed by atoms with Crippen LogP contribution in [0.5, 0.6) is 0 Å². The third-order valence-corrected chi connectivity index (χ3v) is 4.00. The summed E-state index contributed by atoms with van der Waals surface area (Å²) in [5.41, 5.74) is 6.94. The Bertz CT molecular complexity index is 723. The van der Waals surface area contributed by atoms with Crippen molar-refractivity contribution in [2.24, 2.45) is 5.73 Å². The number of hydrogen-bond donors (Lipinski definition) is 1. The topological polar surface area (TPSA) is 85.2 Å². The van der Waals surface area contributed by atoms with Crippen molar-refractivity contribution in [3.05, 3.63) is 35.7 Å². The van der Waals surface area contributed by atoms with Gasteiger partial charge in [0.05, 0.1) is 11.1 Å². The SMILES string of the molecule is CC(C)(C)c1noc(-c2ccccc2C(=O)N2CCC(N)C2)n1.Cl. The fourth-order valence-electron chi connectivity index (χ4n) is 2.64. The van der Waals surface area contributed by atoms with E-state index in [0.29, 0.717) is 35.9 Å². The summed E-state index contributed by atoms with van der Waals surface area (Å²) in [4.78, 5) is 19.0. The minimum Gasteiger partial charge on any atom is -0.337 e. The van der Waals surface area contributed by atoms with Crippen LogP contribution in [0.2, 0.25) is 0 Å². The molecule has 0 radical (unpaired) electrons. The third kappa shape index (κ3) is 3.60. The number of aromatic nitrogens is 2. The molecule has 0 aliphatic carbocycles. The molecule has 7 heteroatoms. The number of nitrogens with zero attached hydrogens (tertiary/aromatic N) is 3. The van der Waals surface area contributed by atoms with Crippen LogP contribution in [0.3, 0.4) is 0 Å². The van der Waals surface area contributed by atoms with Gasteiger partial charge in [0, 0.05) is 24.5 Å². The zero-order valence-corrected chi connectivity index (χ0v) is 15.0. The monoisotopic (exact) mass is 350 g/mol. The summed E-state index contributed by atoms with van der Waals surface area (Å²) in [6.07, 6.45) is 0.836. The molecular formula is C17H23ClN4O2. The summed E-state index contributed by atoms with van der Waals surface area (Å²) in [6, 6.07) is 7.39. The van der Waals surface area contributed by atoms with Crippen molar-refractivity contribution in [2.75, 3.05) is 13.1 Å². The van der Waals surface area contributed by atoms with Crippen LogP contribution in [-0.4, -0.2) is 40.1 Å². The number of benzene rings is 1. The molecule has 1 unspecified atom stereocenters. The third-order valence-electron chi connectivity index (χ3n) is 4.00. The normalized spacial score (nSPS) is 17.7. The molecule has 1 saturated heterocycles. The average Bonchev–Trinajstić information content (AvgIpc) is 3.15. The molecule has 2 heterocycles. The standard InChI is InChI=1S/C17H22N4O2.ClH/c1-17(2,3)16-19-14(23-20-16)12-6-4-5-7-13(12)15(22)21-9-8-11(18)10-21;/h4-7,11H,8-10,18H2,1-3H3;1H. The number of halogens is 1. The molecule has 1 atom stereocenters. The first-order valence-corrected chi connectivity index (χ1v) is 7.84. The maximum Gasteiger partial charge on any atom is 0.258 e. The summed E-state index contributed by atoms with van der Waals surface area (Å²) >= 11 is 0. The predicted octanol–water partition coefficient (Wildman–Crippen LogP) is 2.63. The van der Waals surface area contributed by atoms with Gasteiger partial charge in [-0.2, -0.15) is 4.98 Å². The van der Waals surface area contributed by atoms with Crippen LogP contribution in [-0.2, 0) is 5.41 Å². The van der Waals surface area contributed by atoms with E-state index >= 15 is 0 Å². The second-order valence-electron chi connectivity index (χ2n) is 7.02. The zero-order chi connectivity index (χ0) is 16.6. The quantitative estimate of drug-likeness (QED) is 0.899. The Morgan fingerprint density at radius 1 is 1.33 bits per heavy atom. The van der Waals surface area contributed by atoms with Gasteiger partial charge in [-0.05, 0) is 18.6 Å². The molecular weight excluding hydrogens is 328 g/mol. The Balaban J connectivity index is 0.00000208. The van der Waals surface area contributed by atoms with E-state index in [1.807, 2.05) is 39.0 Å². The Labute approximate surface area is 147 Å². The van der Waals surface area contributed by atoms with Gasteiger partial charge < -0.3 is 15.2 Å². The van der Waals surface area contributed by atoms with Crippen molar-refractivity contribution in [2.45, 2.75) is 38.6 Å². The van der Waals surface area contributed by atoms with Crippen molar-refractivity contribution < 1.29 is 9.32 Å². The summed E-state index contributed by atoms with van der Waals surface area (Å²) < 4.78 is 5.40. The fourth-order valence-corrected chi connectivity index (χ4v) is 2.64. The molecule has 3 rings (SSSR count). The highest BCUT2D eigenvalue weighted by molar-refractivity contribution is 6.00. The minimum absolute atomic E-state index is 0. The highest BCUT2D eigenvalue weighted by Gasteiger charge is 2.28. The molecule has 1 amide bonds. The molecule has 6 nitrogen and oxygen atoms in total. The summed E-state index contributed by atoms with van der Waals surface area (Å²) in [6.45, 7) is 7.33. The number of hydrogen-bond acceptors (Lipinski definition) is 5. The lowest BCUT2D eigenvalue weighted by atomic mass is 9.96. The number of carbonyl (C=O) groups is 1. The summed E-state index contributed by atoms with van der Waals surface area (Å²) in [7, 11) is 0. The molecule has 1 aromatic carbocycles. The molecule has 0 saturated carbocycles. The number of likely N-dealkylation sites (tertiary alicyclic amines) is 1. The molecule has 1 aromatic heterocycles. The van der Waals surface area contributed by atoms with Gasteiger partial charge in [-0.25, -0.2) is 0 Å². The van der Waals surface area contributed by atoms with Crippen LogP contribution in [0.25, 0.3) is 11.5 Å². The van der Waals surface area contributed by atoms with Gasteiger partial charge in [0.1, 0.15) is 0 Å². The lowest BCUT2D eigenvalue weighted by molar-refractivity contribution is 0.0791. The van der Waals surface area contributed by atoms with Crippen LogP contribution in [0.4, 0.5) is 0 Å². The summed E-state index contributed by atoms with van der Waals surface area (Å²) in [5, 5.41) is 4.04. The maximum atomic E-state index is 12.8. The highest BCUT2D eigenvalue weighted by atomic mass is 35.5. The first-order valence-electron chi connectivity index (χ1n) is 7.84. The van der Waals surface area contributed by atoms with Gasteiger partial charge in [0.2, 0.25) is 0 Å².